The number of alkyl carbamates (subject to hydrolysis) is 1. The van der Waals surface area contributed by atoms with Crippen molar-refractivity contribution in [2.24, 2.45) is 17.6 Å². The van der Waals surface area contributed by atoms with Gasteiger partial charge in [0.05, 0.1) is 0 Å². The molecule has 2 aliphatic carbocycles. The van der Waals surface area contributed by atoms with Gasteiger partial charge >= 0.3 is 6.09 Å². The van der Waals surface area contributed by atoms with Crippen molar-refractivity contribution in [3.63, 3.8) is 0 Å². The molecule has 1 aromatic rings. The summed E-state index contributed by atoms with van der Waals surface area (Å²) in [6.07, 6.45) is 7.80. The lowest BCUT2D eigenvalue weighted by Crippen LogP contribution is -2.44. The van der Waals surface area contributed by atoms with Crippen LogP contribution in [0.4, 0.5) is 4.79 Å². The highest BCUT2D eigenvalue weighted by Gasteiger charge is 2.30. The summed E-state index contributed by atoms with van der Waals surface area (Å²) in [5.41, 5.74) is 6.71. The summed E-state index contributed by atoms with van der Waals surface area (Å²) in [4.78, 5) is 34.3. The lowest BCUT2D eigenvalue weighted by atomic mass is 9.82. The van der Waals surface area contributed by atoms with Gasteiger partial charge in [-0.3, -0.25) is 9.59 Å². The third-order valence-electron chi connectivity index (χ3n) is 6.15. The van der Waals surface area contributed by atoms with E-state index in [-0.39, 0.29) is 59.1 Å². The van der Waals surface area contributed by atoms with E-state index in [0.29, 0.717) is 0 Å². The van der Waals surface area contributed by atoms with Gasteiger partial charge in [0.1, 0.15) is 18.2 Å². The number of amides is 1. The highest BCUT2D eigenvalue weighted by atomic mass is 79.9. The largest absolute Gasteiger partial charge is 0.445 e. The van der Waals surface area contributed by atoms with Gasteiger partial charge in [-0.25, -0.2) is 4.79 Å². The Kier molecular flexibility index (Phi) is 12.6. The van der Waals surface area contributed by atoms with E-state index in [1.807, 2.05) is 30.3 Å². The molecule has 0 saturated heterocycles. The van der Waals surface area contributed by atoms with Crippen LogP contribution in [0.1, 0.15) is 70.8 Å². The first kappa shape index (κ1) is 27.3. The maximum Gasteiger partial charge on any atom is 0.407 e. The zero-order valence-corrected chi connectivity index (χ0v) is 20.4. The van der Waals surface area contributed by atoms with Crippen molar-refractivity contribution in [3.8, 4) is 0 Å². The van der Waals surface area contributed by atoms with Gasteiger partial charge in [0.15, 0.2) is 0 Å². The van der Waals surface area contributed by atoms with Gasteiger partial charge in [0.2, 0.25) is 0 Å². The Morgan fingerprint density at radius 2 is 1.45 bits per heavy atom. The molecule has 1 amide bonds. The van der Waals surface area contributed by atoms with Crippen LogP contribution in [0.25, 0.3) is 0 Å². The first-order valence-corrected chi connectivity index (χ1v) is 11.1. The maximum absolute atomic E-state index is 11.8. The highest BCUT2D eigenvalue weighted by molar-refractivity contribution is 8.93. The van der Waals surface area contributed by atoms with Crippen LogP contribution in [0.15, 0.2) is 30.3 Å². The molecule has 7 heteroatoms. The molecule has 174 valence electrons. The monoisotopic (exact) mass is 496 g/mol. The molecule has 2 aliphatic rings. The molecule has 0 spiro atoms. The van der Waals surface area contributed by atoms with Crippen LogP contribution in [0.2, 0.25) is 0 Å². The summed E-state index contributed by atoms with van der Waals surface area (Å²) in [7, 11) is 0. The van der Waals surface area contributed by atoms with E-state index in [1.165, 1.54) is 12.8 Å². The van der Waals surface area contributed by atoms with Gasteiger partial charge in [0, 0.05) is 23.9 Å². The number of nitrogens with one attached hydrogen (secondary N) is 1. The molecule has 0 aromatic heterocycles. The molecular weight excluding hydrogens is 460 g/mol. The minimum atomic E-state index is -0.438. The first-order valence-electron chi connectivity index (χ1n) is 11.1. The van der Waals surface area contributed by atoms with Gasteiger partial charge in [-0.05, 0) is 45.1 Å². The minimum absolute atomic E-state index is 0. The van der Waals surface area contributed by atoms with Crippen molar-refractivity contribution in [2.75, 3.05) is 0 Å². The van der Waals surface area contributed by atoms with E-state index in [9.17, 15) is 14.4 Å². The van der Waals surface area contributed by atoms with E-state index in [1.54, 1.807) is 13.8 Å². The van der Waals surface area contributed by atoms with E-state index in [4.69, 9.17) is 10.5 Å². The fourth-order valence-corrected chi connectivity index (χ4v) is 4.37. The van der Waals surface area contributed by atoms with Crippen molar-refractivity contribution in [1.29, 1.82) is 0 Å². The zero-order valence-electron chi connectivity index (χ0n) is 18.7. The smallest absolute Gasteiger partial charge is 0.407 e. The predicted molar refractivity (Wildman–Crippen MR) is 127 cm³/mol. The number of hydrogen-bond acceptors (Lipinski definition) is 5. The molecule has 2 fully saturated rings. The SMILES string of the molecule is Br.CC(=O)[C@@H]1CCCC[C@@H]1N.CC(=O)[C@@H]1CCCC[C@@H]1NC(=O)OCc1ccccc1. The van der Waals surface area contributed by atoms with Gasteiger partial charge in [0.25, 0.3) is 0 Å². The van der Waals surface area contributed by atoms with Gasteiger partial charge in [-0.15, -0.1) is 17.0 Å². The average molecular weight is 497 g/mol. The lowest BCUT2D eigenvalue weighted by Gasteiger charge is -2.30. The Bertz CT molecular complexity index is 698. The summed E-state index contributed by atoms with van der Waals surface area (Å²) in [6.45, 7) is 3.50. The van der Waals surface area contributed by atoms with Crippen molar-refractivity contribution in [3.05, 3.63) is 35.9 Å². The van der Waals surface area contributed by atoms with E-state index in [2.05, 4.69) is 5.32 Å². The Balaban J connectivity index is 0.000000370. The van der Waals surface area contributed by atoms with Crippen molar-refractivity contribution < 1.29 is 19.1 Å². The molecule has 0 unspecified atom stereocenters. The van der Waals surface area contributed by atoms with Crippen LogP contribution >= 0.6 is 17.0 Å². The average Bonchev–Trinajstić information content (AvgIpc) is 2.74. The fraction of sp³-hybridized carbons (Fsp3) is 0.625. The second-order valence-electron chi connectivity index (χ2n) is 8.48. The fourth-order valence-electron chi connectivity index (χ4n) is 4.37. The number of nitrogens with two attached hydrogens (primary N) is 1. The summed E-state index contributed by atoms with van der Waals surface area (Å²) >= 11 is 0. The van der Waals surface area contributed by atoms with Crippen LogP contribution in [0, 0.1) is 11.8 Å². The number of halogens is 1. The van der Waals surface area contributed by atoms with Gasteiger partial charge in [-0.1, -0.05) is 56.0 Å². The van der Waals surface area contributed by atoms with Crippen molar-refractivity contribution >= 4 is 34.6 Å². The lowest BCUT2D eigenvalue weighted by molar-refractivity contribution is -0.123. The summed E-state index contributed by atoms with van der Waals surface area (Å²) < 4.78 is 5.20. The van der Waals surface area contributed by atoms with E-state index in [0.717, 1.165) is 44.1 Å². The van der Waals surface area contributed by atoms with E-state index < -0.39 is 6.09 Å². The van der Waals surface area contributed by atoms with Crippen LogP contribution in [0.5, 0.6) is 0 Å². The molecule has 0 heterocycles. The normalized spacial score (nSPS) is 25.1. The van der Waals surface area contributed by atoms with Crippen LogP contribution in [-0.4, -0.2) is 29.7 Å². The Labute approximate surface area is 196 Å². The Hall–Kier alpha value is -1.73. The second kappa shape index (κ2) is 14.4. The maximum atomic E-state index is 11.8. The summed E-state index contributed by atoms with van der Waals surface area (Å²) in [5, 5.41) is 2.84. The number of carbonyl (C=O) groups excluding carboxylic acids is 3. The highest BCUT2D eigenvalue weighted by Crippen LogP contribution is 2.25. The second-order valence-corrected chi connectivity index (χ2v) is 8.48. The number of ether oxygens (including phenoxy) is 1. The molecule has 1 aromatic carbocycles. The summed E-state index contributed by atoms with van der Waals surface area (Å²) in [6, 6.07) is 9.62. The quantitative estimate of drug-likeness (QED) is 0.613. The molecule has 4 atom stereocenters. The van der Waals surface area contributed by atoms with Gasteiger partial charge in [-0.2, -0.15) is 0 Å². The molecule has 3 rings (SSSR count). The van der Waals surface area contributed by atoms with Crippen LogP contribution in [-0.2, 0) is 20.9 Å². The van der Waals surface area contributed by atoms with E-state index >= 15 is 0 Å². The Morgan fingerprint density at radius 3 is 2.00 bits per heavy atom. The third-order valence-corrected chi connectivity index (χ3v) is 6.15. The minimum Gasteiger partial charge on any atom is -0.445 e. The zero-order chi connectivity index (χ0) is 21.9. The molecule has 31 heavy (non-hydrogen) atoms. The van der Waals surface area contributed by atoms with Gasteiger partial charge < -0.3 is 15.8 Å². The van der Waals surface area contributed by atoms with Crippen LogP contribution < -0.4 is 11.1 Å². The molecule has 0 aliphatic heterocycles. The standard InChI is InChI=1S/C16H21NO3.C8H15NO.BrH/c1-12(18)14-9-5-6-10-15(14)17-16(19)20-11-13-7-3-2-4-8-13;1-6(10)7-4-2-3-5-8(7)9;/h2-4,7-8,14-15H,5-6,9-11H2,1H3,(H,17,19);7-8H,2-5,9H2,1H3;1H/t14-,15-;7-,8-;/m00./s1. The first-order chi connectivity index (χ1) is 14.4. The van der Waals surface area contributed by atoms with Crippen molar-refractivity contribution in [1.82, 2.24) is 5.32 Å². The number of carbonyl (C=O) groups is 3. The molecular formula is C24H37BrN2O4. The number of rotatable bonds is 5. The molecule has 2 saturated carbocycles. The summed E-state index contributed by atoms with van der Waals surface area (Å²) in [5.74, 6) is 0.520. The molecule has 0 bridgehead atoms. The number of ketones is 2. The van der Waals surface area contributed by atoms with Crippen LogP contribution in [0.3, 0.4) is 0 Å². The third kappa shape index (κ3) is 9.52. The number of hydrogen-bond donors (Lipinski definition) is 2. The molecule has 3 N–H and O–H groups in total. The number of Topliss-reactive ketones (excluding diaryl/α,β-unsaturated/α-hetero) is 2. The van der Waals surface area contributed by atoms with Crippen molar-refractivity contribution in [2.45, 2.75) is 83.9 Å². The number of benzene rings is 1. The topological polar surface area (TPSA) is 98.5 Å². The molecule has 6 nitrogen and oxygen atoms in total. The predicted octanol–water partition coefficient (Wildman–Crippen LogP) is 4.73. The Morgan fingerprint density at radius 1 is 0.903 bits per heavy atom. The molecule has 0 radical (unpaired) electrons.